The quantitative estimate of drug-likeness (QED) is 0.918. The third kappa shape index (κ3) is 3.57. The maximum atomic E-state index is 5.40. The van der Waals surface area contributed by atoms with E-state index in [1.807, 2.05) is 6.07 Å². The van der Waals surface area contributed by atoms with E-state index >= 15 is 0 Å². The summed E-state index contributed by atoms with van der Waals surface area (Å²) in [4.78, 5) is 2.45. The maximum absolute atomic E-state index is 5.40. The Hall–Kier alpha value is -1.42. The molecule has 4 heteroatoms. The highest BCUT2D eigenvalue weighted by Gasteiger charge is 2.15. The zero-order valence-electron chi connectivity index (χ0n) is 12.8. The molecule has 1 saturated heterocycles. The van der Waals surface area contributed by atoms with Crippen molar-refractivity contribution in [1.82, 2.24) is 5.32 Å². The molecular formula is C16H26N2O2. The Balaban J connectivity index is 2.12. The molecule has 0 saturated carbocycles. The van der Waals surface area contributed by atoms with Crippen molar-refractivity contribution < 1.29 is 9.47 Å². The topological polar surface area (TPSA) is 33.7 Å². The van der Waals surface area contributed by atoms with Gasteiger partial charge in [-0.2, -0.15) is 0 Å². The fraction of sp³-hybridized carbons (Fsp3) is 0.625. The molecule has 1 N–H and O–H groups in total. The number of methoxy groups -OCH3 is 2. The van der Waals surface area contributed by atoms with Crippen molar-refractivity contribution in [2.45, 2.75) is 32.2 Å². The predicted octanol–water partition coefficient (Wildman–Crippen LogP) is 2.67. The predicted molar refractivity (Wildman–Crippen MR) is 83.1 cm³/mol. The molecule has 1 aliphatic heterocycles. The summed E-state index contributed by atoms with van der Waals surface area (Å²) in [5.41, 5.74) is 1.22. The van der Waals surface area contributed by atoms with Gasteiger partial charge in [-0.05, 0) is 37.9 Å². The highest BCUT2D eigenvalue weighted by atomic mass is 16.5. The summed E-state index contributed by atoms with van der Waals surface area (Å²) >= 11 is 0. The van der Waals surface area contributed by atoms with Gasteiger partial charge in [-0.1, -0.05) is 6.92 Å². The molecule has 20 heavy (non-hydrogen) atoms. The molecule has 1 unspecified atom stereocenters. The van der Waals surface area contributed by atoms with E-state index in [1.54, 1.807) is 14.2 Å². The molecule has 1 fully saturated rings. The molecule has 1 atom stereocenters. The molecule has 0 aliphatic carbocycles. The number of hydrogen-bond donors (Lipinski definition) is 1. The maximum Gasteiger partial charge on any atom is 0.162 e. The molecular weight excluding hydrogens is 252 g/mol. The number of rotatable bonds is 4. The first-order valence-electron chi connectivity index (χ1n) is 7.48. The lowest BCUT2D eigenvalue weighted by Crippen LogP contribution is -2.39. The van der Waals surface area contributed by atoms with E-state index < -0.39 is 0 Å². The van der Waals surface area contributed by atoms with Gasteiger partial charge in [0.05, 0.1) is 14.2 Å². The van der Waals surface area contributed by atoms with Crippen molar-refractivity contribution in [3.05, 3.63) is 18.2 Å². The molecule has 1 aliphatic rings. The van der Waals surface area contributed by atoms with E-state index in [9.17, 15) is 0 Å². The number of anilines is 1. The molecule has 0 aromatic heterocycles. The molecule has 0 amide bonds. The third-order valence-electron chi connectivity index (χ3n) is 4.01. The van der Waals surface area contributed by atoms with Gasteiger partial charge in [0.25, 0.3) is 0 Å². The number of hydrogen-bond acceptors (Lipinski definition) is 4. The Labute approximate surface area is 122 Å². The van der Waals surface area contributed by atoms with Crippen LogP contribution in [0.3, 0.4) is 0 Å². The fourth-order valence-corrected chi connectivity index (χ4v) is 2.73. The second-order valence-electron chi connectivity index (χ2n) is 5.23. The average molecular weight is 278 g/mol. The largest absolute Gasteiger partial charge is 0.493 e. The van der Waals surface area contributed by atoms with Crippen LogP contribution in [0.25, 0.3) is 0 Å². The van der Waals surface area contributed by atoms with Crippen molar-refractivity contribution in [2.75, 3.05) is 38.8 Å². The summed E-state index contributed by atoms with van der Waals surface area (Å²) in [6.45, 7) is 5.52. The van der Waals surface area contributed by atoms with Crippen LogP contribution in [0.1, 0.15) is 26.2 Å². The van der Waals surface area contributed by atoms with Crippen molar-refractivity contribution in [3.63, 3.8) is 0 Å². The summed E-state index contributed by atoms with van der Waals surface area (Å²) < 4.78 is 10.7. The summed E-state index contributed by atoms with van der Waals surface area (Å²) in [6.07, 6.45) is 3.55. The lowest BCUT2D eigenvalue weighted by Gasteiger charge is -2.30. The number of benzene rings is 1. The van der Waals surface area contributed by atoms with Gasteiger partial charge in [-0.15, -0.1) is 0 Å². The number of nitrogens with zero attached hydrogens (tertiary/aromatic N) is 1. The van der Waals surface area contributed by atoms with Gasteiger partial charge in [0, 0.05) is 30.9 Å². The standard InChI is InChI=1S/C16H26N2O2/c1-4-13-8-11-18(10-5-9-17-13)14-6-7-15(19-2)16(12-14)20-3/h6-7,12-13,17H,4-5,8-11H2,1-3H3. The third-order valence-corrected chi connectivity index (χ3v) is 4.01. The van der Waals surface area contributed by atoms with Gasteiger partial charge >= 0.3 is 0 Å². The highest BCUT2D eigenvalue weighted by Crippen LogP contribution is 2.31. The molecule has 0 radical (unpaired) electrons. The molecule has 1 aromatic rings. The summed E-state index contributed by atoms with van der Waals surface area (Å²) in [5.74, 6) is 1.59. The monoisotopic (exact) mass is 278 g/mol. The van der Waals surface area contributed by atoms with Crippen LogP contribution in [-0.4, -0.2) is 39.9 Å². The molecule has 2 rings (SSSR count). The van der Waals surface area contributed by atoms with Crippen molar-refractivity contribution in [2.24, 2.45) is 0 Å². The summed E-state index contributed by atoms with van der Waals surface area (Å²) in [6, 6.07) is 6.83. The van der Waals surface area contributed by atoms with Crippen LogP contribution in [-0.2, 0) is 0 Å². The summed E-state index contributed by atoms with van der Waals surface area (Å²) in [7, 11) is 3.36. The molecule has 1 heterocycles. The van der Waals surface area contributed by atoms with Crippen molar-refractivity contribution in [1.29, 1.82) is 0 Å². The Morgan fingerprint density at radius 1 is 1.20 bits per heavy atom. The Morgan fingerprint density at radius 2 is 2.00 bits per heavy atom. The molecule has 0 spiro atoms. The number of ether oxygens (including phenoxy) is 2. The first-order valence-corrected chi connectivity index (χ1v) is 7.48. The van der Waals surface area contributed by atoms with Gasteiger partial charge < -0.3 is 19.7 Å². The van der Waals surface area contributed by atoms with Gasteiger partial charge in [0.1, 0.15) is 0 Å². The van der Waals surface area contributed by atoms with E-state index in [4.69, 9.17) is 9.47 Å². The van der Waals surface area contributed by atoms with Crippen LogP contribution >= 0.6 is 0 Å². The normalized spacial score (nSPS) is 20.1. The second-order valence-corrected chi connectivity index (χ2v) is 5.23. The zero-order chi connectivity index (χ0) is 14.4. The van der Waals surface area contributed by atoms with E-state index in [0.29, 0.717) is 6.04 Å². The van der Waals surface area contributed by atoms with Crippen LogP contribution in [0.5, 0.6) is 11.5 Å². The van der Waals surface area contributed by atoms with Crippen LogP contribution in [0.4, 0.5) is 5.69 Å². The Morgan fingerprint density at radius 3 is 2.70 bits per heavy atom. The van der Waals surface area contributed by atoms with Crippen molar-refractivity contribution >= 4 is 5.69 Å². The number of nitrogens with one attached hydrogen (secondary N) is 1. The average Bonchev–Trinajstić information content (AvgIpc) is 2.47. The Bertz CT molecular complexity index is 423. The first-order chi connectivity index (χ1) is 9.78. The smallest absolute Gasteiger partial charge is 0.162 e. The van der Waals surface area contributed by atoms with E-state index in [-0.39, 0.29) is 0 Å². The van der Waals surface area contributed by atoms with Crippen LogP contribution < -0.4 is 19.7 Å². The minimum Gasteiger partial charge on any atom is -0.493 e. The minimum atomic E-state index is 0.637. The minimum absolute atomic E-state index is 0.637. The van der Waals surface area contributed by atoms with Crippen molar-refractivity contribution in [3.8, 4) is 11.5 Å². The first kappa shape index (κ1) is 15.0. The highest BCUT2D eigenvalue weighted by molar-refractivity contribution is 5.56. The van der Waals surface area contributed by atoms with Gasteiger partial charge in [0.15, 0.2) is 11.5 Å². The van der Waals surface area contributed by atoms with Gasteiger partial charge in [-0.3, -0.25) is 0 Å². The van der Waals surface area contributed by atoms with E-state index in [0.717, 1.165) is 31.1 Å². The molecule has 112 valence electrons. The van der Waals surface area contributed by atoms with Crippen LogP contribution in [0.2, 0.25) is 0 Å². The second kappa shape index (κ2) is 7.39. The zero-order valence-corrected chi connectivity index (χ0v) is 12.8. The van der Waals surface area contributed by atoms with Gasteiger partial charge in [-0.25, -0.2) is 0 Å². The molecule has 0 bridgehead atoms. The SMILES string of the molecule is CCC1CCN(c2ccc(OC)c(OC)c2)CCCN1. The molecule has 1 aromatic carbocycles. The van der Waals surface area contributed by atoms with E-state index in [1.165, 1.54) is 24.9 Å². The van der Waals surface area contributed by atoms with E-state index in [2.05, 4.69) is 29.3 Å². The van der Waals surface area contributed by atoms with Crippen LogP contribution in [0.15, 0.2) is 18.2 Å². The lowest BCUT2D eigenvalue weighted by molar-refractivity contribution is 0.355. The fourth-order valence-electron chi connectivity index (χ4n) is 2.73. The molecule has 4 nitrogen and oxygen atoms in total. The lowest BCUT2D eigenvalue weighted by atomic mass is 10.1. The van der Waals surface area contributed by atoms with Gasteiger partial charge in [0.2, 0.25) is 0 Å². The Kier molecular flexibility index (Phi) is 5.53. The summed E-state index contributed by atoms with van der Waals surface area (Å²) in [5, 5.41) is 3.61. The van der Waals surface area contributed by atoms with Crippen LogP contribution in [0, 0.1) is 0 Å².